The molecule has 0 bridgehead atoms. The summed E-state index contributed by atoms with van der Waals surface area (Å²) in [5, 5.41) is 7.63. The summed E-state index contributed by atoms with van der Waals surface area (Å²) in [6, 6.07) is 31.9. The van der Waals surface area contributed by atoms with Gasteiger partial charge in [-0.15, -0.1) is 0 Å². The van der Waals surface area contributed by atoms with Crippen molar-refractivity contribution in [2.24, 2.45) is 0 Å². The second-order valence-corrected chi connectivity index (χ2v) is 9.09. The van der Waals surface area contributed by atoms with E-state index in [1.54, 1.807) is 6.07 Å². The van der Waals surface area contributed by atoms with Crippen LogP contribution in [0.15, 0.2) is 97.1 Å². The molecule has 0 radical (unpaired) electrons. The van der Waals surface area contributed by atoms with E-state index in [-0.39, 0.29) is 18.4 Å². The molecule has 0 atom stereocenters. The number of fused-ring (bicyclic) bond motifs is 1. The minimum Gasteiger partial charge on any atom is -0.369 e. The highest BCUT2D eigenvalue weighted by Gasteiger charge is 2.17. The van der Waals surface area contributed by atoms with Gasteiger partial charge in [-0.2, -0.15) is 0 Å². The normalized spacial score (nSPS) is 13.9. The topological polar surface area (TPSA) is 64.7 Å². The maximum Gasteiger partial charge on any atom is 0.251 e. The van der Waals surface area contributed by atoms with Gasteiger partial charge in [0.2, 0.25) is 5.91 Å². The van der Waals surface area contributed by atoms with Crippen LogP contribution < -0.4 is 15.5 Å². The highest BCUT2D eigenvalue weighted by Crippen LogP contribution is 2.20. The molecule has 6 nitrogen and oxygen atoms in total. The van der Waals surface area contributed by atoms with Gasteiger partial charge in [-0.05, 0) is 52.7 Å². The van der Waals surface area contributed by atoms with Crippen molar-refractivity contribution in [2.45, 2.75) is 6.54 Å². The Labute approximate surface area is 211 Å². The van der Waals surface area contributed by atoms with Crippen molar-refractivity contribution < 1.29 is 9.59 Å². The predicted octanol–water partition coefficient (Wildman–Crippen LogP) is 4.53. The van der Waals surface area contributed by atoms with Crippen molar-refractivity contribution in [3.8, 4) is 0 Å². The Balaban J connectivity index is 1.08. The van der Waals surface area contributed by atoms with Crippen LogP contribution >= 0.6 is 0 Å². The van der Waals surface area contributed by atoms with Crippen molar-refractivity contribution in [2.75, 3.05) is 42.9 Å². The lowest BCUT2D eigenvalue weighted by atomic mass is 10.1. The van der Waals surface area contributed by atoms with E-state index < -0.39 is 0 Å². The lowest BCUT2D eigenvalue weighted by Crippen LogP contribution is -2.45. The number of anilines is 2. The number of nitrogens with zero attached hydrogens (tertiary/aromatic N) is 2. The number of piperazine rings is 1. The van der Waals surface area contributed by atoms with Gasteiger partial charge in [0.15, 0.2) is 0 Å². The van der Waals surface area contributed by atoms with Crippen LogP contribution in [0.1, 0.15) is 15.9 Å². The smallest absolute Gasteiger partial charge is 0.251 e. The number of benzene rings is 4. The first kappa shape index (κ1) is 23.6. The third-order valence-corrected chi connectivity index (χ3v) is 6.56. The van der Waals surface area contributed by atoms with Crippen LogP contribution in [0, 0.1) is 0 Å². The number of carbonyl (C=O) groups excluding carboxylic acids is 2. The van der Waals surface area contributed by atoms with Gasteiger partial charge in [0.05, 0.1) is 6.54 Å². The standard InChI is InChI=1S/C30H30N4O2/c35-29(21-31-30(36)26-11-10-24-8-4-5-9-25(24)20-26)32-27-12-14-28(15-13-27)34-18-16-33(17-19-34)22-23-6-2-1-3-7-23/h1-15,20H,16-19,21-22H2,(H,31,36)(H,32,35). The molecule has 1 saturated heterocycles. The van der Waals surface area contributed by atoms with E-state index in [1.807, 2.05) is 60.7 Å². The van der Waals surface area contributed by atoms with Gasteiger partial charge in [-0.25, -0.2) is 0 Å². The maximum absolute atomic E-state index is 12.5. The Morgan fingerprint density at radius 2 is 1.42 bits per heavy atom. The van der Waals surface area contributed by atoms with Crippen LogP contribution in [0.25, 0.3) is 10.8 Å². The number of nitrogens with one attached hydrogen (secondary N) is 2. The molecule has 5 rings (SSSR count). The molecular weight excluding hydrogens is 448 g/mol. The number of hydrogen-bond acceptors (Lipinski definition) is 4. The third kappa shape index (κ3) is 5.90. The molecule has 2 amide bonds. The first-order valence-corrected chi connectivity index (χ1v) is 12.3. The minimum absolute atomic E-state index is 0.0865. The lowest BCUT2D eigenvalue weighted by molar-refractivity contribution is -0.115. The largest absolute Gasteiger partial charge is 0.369 e. The number of rotatable bonds is 7. The Morgan fingerprint density at radius 1 is 0.722 bits per heavy atom. The van der Waals surface area contributed by atoms with Gasteiger partial charge >= 0.3 is 0 Å². The molecule has 36 heavy (non-hydrogen) atoms. The summed E-state index contributed by atoms with van der Waals surface area (Å²) in [5.41, 5.74) is 3.75. The Hall–Kier alpha value is -4.16. The molecule has 0 spiro atoms. The fraction of sp³-hybridized carbons (Fsp3) is 0.200. The molecule has 4 aromatic rings. The molecule has 182 valence electrons. The summed E-state index contributed by atoms with van der Waals surface area (Å²) in [5.74, 6) is -0.524. The van der Waals surface area contributed by atoms with Crippen LogP contribution in [0.2, 0.25) is 0 Å². The Kier molecular flexibility index (Phi) is 7.24. The minimum atomic E-state index is -0.266. The fourth-order valence-electron chi connectivity index (χ4n) is 4.56. The maximum atomic E-state index is 12.5. The average Bonchev–Trinajstić information content (AvgIpc) is 2.93. The molecule has 6 heteroatoms. The van der Waals surface area contributed by atoms with Gasteiger partial charge < -0.3 is 15.5 Å². The van der Waals surface area contributed by atoms with Crippen molar-refractivity contribution in [3.63, 3.8) is 0 Å². The van der Waals surface area contributed by atoms with Crippen LogP contribution in [-0.4, -0.2) is 49.4 Å². The van der Waals surface area contributed by atoms with Gasteiger partial charge in [0.25, 0.3) is 5.91 Å². The monoisotopic (exact) mass is 478 g/mol. The molecule has 1 aliphatic heterocycles. The zero-order valence-electron chi connectivity index (χ0n) is 20.2. The zero-order chi connectivity index (χ0) is 24.7. The lowest BCUT2D eigenvalue weighted by Gasteiger charge is -2.36. The number of carbonyl (C=O) groups is 2. The number of hydrogen-bond donors (Lipinski definition) is 2. The summed E-state index contributed by atoms with van der Waals surface area (Å²) in [7, 11) is 0. The van der Waals surface area contributed by atoms with E-state index in [9.17, 15) is 9.59 Å². The summed E-state index contributed by atoms with van der Waals surface area (Å²) >= 11 is 0. The molecule has 0 saturated carbocycles. The summed E-state index contributed by atoms with van der Waals surface area (Å²) in [6.45, 7) is 4.88. The van der Waals surface area contributed by atoms with Crippen LogP contribution in [0.3, 0.4) is 0 Å². The van der Waals surface area contributed by atoms with Gasteiger partial charge in [0.1, 0.15) is 0 Å². The zero-order valence-corrected chi connectivity index (χ0v) is 20.2. The summed E-state index contributed by atoms with van der Waals surface area (Å²) in [6.07, 6.45) is 0. The summed E-state index contributed by atoms with van der Waals surface area (Å²) in [4.78, 5) is 29.7. The molecule has 1 aliphatic rings. The average molecular weight is 479 g/mol. The van der Waals surface area contributed by atoms with Crippen LogP contribution in [-0.2, 0) is 11.3 Å². The molecule has 1 heterocycles. The highest BCUT2D eigenvalue weighted by atomic mass is 16.2. The molecule has 0 unspecified atom stereocenters. The summed E-state index contributed by atoms with van der Waals surface area (Å²) < 4.78 is 0. The first-order valence-electron chi connectivity index (χ1n) is 12.3. The Bertz CT molecular complexity index is 1330. The fourth-order valence-corrected chi connectivity index (χ4v) is 4.56. The molecule has 0 aliphatic carbocycles. The van der Waals surface area contributed by atoms with Gasteiger partial charge in [-0.1, -0.05) is 60.7 Å². The molecular formula is C30H30N4O2. The van der Waals surface area contributed by atoms with Gasteiger partial charge in [0, 0.05) is 49.7 Å². The van der Waals surface area contributed by atoms with E-state index in [1.165, 1.54) is 5.56 Å². The molecule has 0 aromatic heterocycles. The second kappa shape index (κ2) is 11.1. The number of amides is 2. The van der Waals surface area contributed by atoms with Crippen LogP contribution in [0.4, 0.5) is 11.4 Å². The van der Waals surface area contributed by atoms with Crippen molar-refractivity contribution in [3.05, 3.63) is 108 Å². The van der Waals surface area contributed by atoms with Crippen molar-refractivity contribution in [1.29, 1.82) is 0 Å². The molecule has 1 fully saturated rings. The second-order valence-electron chi connectivity index (χ2n) is 9.09. The van der Waals surface area contributed by atoms with E-state index in [2.05, 4.69) is 50.8 Å². The molecule has 2 N–H and O–H groups in total. The van der Waals surface area contributed by atoms with Crippen molar-refractivity contribution in [1.82, 2.24) is 10.2 Å². The van der Waals surface area contributed by atoms with E-state index >= 15 is 0 Å². The molecule has 4 aromatic carbocycles. The quantitative estimate of drug-likeness (QED) is 0.410. The third-order valence-electron chi connectivity index (χ3n) is 6.56. The SMILES string of the molecule is O=C(CNC(=O)c1ccc2ccccc2c1)Nc1ccc(N2CCN(Cc3ccccc3)CC2)cc1. The Morgan fingerprint density at radius 3 is 2.17 bits per heavy atom. The van der Waals surface area contributed by atoms with Crippen molar-refractivity contribution >= 4 is 34.0 Å². The van der Waals surface area contributed by atoms with E-state index in [4.69, 9.17) is 0 Å². The van der Waals surface area contributed by atoms with E-state index in [0.29, 0.717) is 11.3 Å². The highest BCUT2D eigenvalue weighted by molar-refractivity contribution is 6.01. The van der Waals surface area contributed by atoms with E-state index in [0.717, 1.165) is 49.2 Å². The first-order chi connectivity index (χ1) is 17.6. The van der Waals surface area contributed by atoms with Crippen LogP contribution in [0.5, 0.6) is 0 Å². The predicted molar refractivity (Wildman–Crippen MR) is 145 cm³/mol. The van der Waals surface area contributed by atoms with Gasteiger partial charge in [-0.3, -0.25) is 14.5 Å².